The zero-order chi connectivity index (χ0) is 29.5. The van der Waals surface area contributed by atoms with Gasteiger partial charge in [-0.05, 0) is 93.2 Å². The van der Waals surface area contributed by atoms with Crippen molar-refractivity contribution in [2.24, 2.45) is 9.98 Å². The van der Waals surface area contributed by atoms with E-state index < -0.39 is 11.9 Å². The smallest absolute Gasteiger partial charge is 0.550 e. The molecule has 0 aromatic heterocycles. The van der Waals surface area contributed by atoms with E-state index in [2.05, 4.69) is 39.8 Å². The largest absolute Gasteiger partial charge is 2.00 e. The molecule has 0 spiro atoms. The van der Waals surface area contributed by atoms with Gasteiger partial charge in [0.25, 0.3) is 0 Å². The molecule has 40 heavy (non-hydrogen) atoms. The molecule has 3 rings (SSSR count). The number of carboxylic acids is 2. The maximum Gasteiger partial charge on any atom is 2.00 e. The minimum absolute atomic E-state index is 0. The van der Waals surface area contributed by atoms with Crippen LogP contribution < -0.4 is 10.2 Å². The second kappa shape index (κ2) is 19.0. The van der Waals surface area contributed by atoms with E-state index in [-0.39, 0.29) is 28.9 Å². The van der Waals surface area contributed by atoms with Crippen LogP contribution in [-0.2, 0) is 52.1 Å². The predicted octanol–water partition coefficient (Wildman–Crippen LogP) is 3.32. The van der Waals surface area contributed by atoms with Crippen LogP contribution in [0, 0.1) is 0 Å². The van der Waals surface area contributed by atoms with Crippen LogP contribution in [0.25, 0.3) is 0 Å². The van der Waals surface area contributed by atoms with Crippen LogP contribution in [0.4, 0.5) is 0 Å². The van der Waals surface area contributed by atoms with Gasteiger partial charge in [-0.3, -0.25) is 9.98 Å². The fraction of sp³-hybridized carbons (Fsp3) is 0.484. The Bertz CT molecular complexity index is 1070. The zero-order valence-electron chi connectivity index (χ0n) is 24.3. The van der Waals surface area contributed by atoms with Crippen LogP contribution >= 0.6 is 0 Å². The molecule has 0 aliphatic heterocycles. The van der Waals surface area contributed by atoms with Crippen molar-refractivity contribution in [1.82, 2.24) is 0 Å². The summed E-state index contributed by atoms with van der Waals surface area (Å²) in [4.78, 5) is 27.3. The average Bonchev–Trinajstić information content (AvgIpc) is 3.34. The number of aliphatic carboxylic acids is 2. The summed E-state index contributed by atoms with van der Waals surface area (Å²) < 4.78 is 0. The minimum Gasteiger partial charge on any atom is -0.550 e. The molecule has 221 valence electrons. The Morgan fingerprint density at radius 1 is 0.750 bits per heavy atom. The van der Waals surface area contributed by atoms with Crippen molar-refractivity contribution in [1.29, 1.82) is 0 Å². The van der Waals surface area contributed by atoms with Gasteiger partial charge < -0.3 is 30.0 Å². The molecule has 2 aromatic carbocycles. The van der Waals surface area contributed by atoms with Gasteiger partial charge in [0.05, 0.1) is 12.1 Å². The number of rotatable bonds is 8. The molecule has 1 aliphatic carbocycles. The Labute approximate surface area is 248 Å². The molecule has 0 bridgehead atoms. The summed E-state index contributed by atoms with van der Waals surface area (Å²) in [5, 5.41) is 38.8. The third-order valence-corrected chi connectivity index (χ3v) is 6.36. The van der Waals surface area contributed by atoms with Crippen molar-refractivity contribution >= 4 is 24.4 Å². The molecule has 9 heteroatoms. The van der Waals surface area contributed by atoms with Gasteiger partial charge in [0.15, 0.2) is 0 Å². The van der Waals surface area contributed by atoms with E-state index in [1.165, 1.54) is 11.1 Å². The number of benzene rings is 2. The van der Waals surface area contributed by atoms with E-state index in [1.807, 2.05) is 24.6 Å². The molecule has 0 heterocycles. The average molecular weight is 598 g/mol. The van der Waals surface area contributed by atoms with E-state index >= 15 is 0 Å². The van der Waals surface area contributed by atoms with Crippen molar-refractivity contribution in [3.05, 3.63) is 57.6 Å². The second-order valence-electron chi connectivity index (χ2n) is 9.46. The normalized spacial score (nSPS) is 16.1. The van der Waals surface area contributed by atoms with Crippen LogP contribution in [0.2, 0.25) is 0 Å². The third kappa shape index (κ3) is 12.8. The maximum atomic E-state index is 10.5. The van der Waals surface area contributed by atoms with E-state index in [1.54, 1.807) is 0 Å². The van der Waals surface area contributed by atoms with Gasteiger partial charge in [0.2, 0.25) is 0 Å². The van der Waals surface area contributed by atoms with Crippen molar-refractivity contribution in [3.8, 4) is 11.5 Å². The van der Waals surface area contributed by atoms with Gasteiger partial charge in [-0.2, -0.15) is 0 Å². The van der Waals surface area contributed by atoms with Crippen molar-refractivity contribution in [2.75, 3.05) is 0 Å². The molecule has 1 aliphatic rings. The number of hydrogen-bond acceptors (Lipinski definition) is 8. The monoisotopic (exact) mass is 597 g/mol. The van der Waals surface area contributed by atoms with Crippen molar-refractivity contribution in [2.45, 2.75) is 98.6 Å². The molecular formula is C31H42CoN2O6. The van der Waals surface area contributed by atoms with Crippen molar-refractivity contribution < 1.29 is 46.8 Å². The quantitative estimate of drug-likeness (QED) is 0.447. The third-order valence-electron chi connectivity index (χ3n) is 6.36. The molecule has 2 unspecified atom stereocenters. The molecule has 1 fully saturated rings. The van der Waals surface area contributed by atoms with Crippen LogP contribution in [0.15, 0.2) is 34.3 Å². The van der Waals surface area contributed by atoms with Crippen LogP contribution in [0.5, 0.6) is 11.5 Å². The number of nitrogens with zero attached hydrogens (tertiary/aromatic N) is 2. The number of carbonyl (C=O) groups is 2. The SMILES string of the molecule is CC(=O)[O-].CC(=O)[O-].CCc1cc(C=NC2CCC(N=Cc3cc(CC)cc(CC)c3O)C2)c(O)c(CC)c1.[Co+2]. The molecule has 2 atom stereocenters. The number of phenols is 2. The number of aromatic hydroxyl groups is 2. The van der Waals surface area contributed by atoms with E-state index in [4.69, 9.17) is 29.8 Å². The Balaban J connectivity index is 0.00000149. The van der Waals surface area contributed by atoms with E-state index in [0.717, 1.165) is 81.0 Å². The molecular weight excluding hydrogens is 555 g/mol. The fourth-order valence-electron chi connectivity index (χ4n) is 4.30. The molecule has 0 saturated heterocycles. The summed E-state index contributed by atoms with van der Waals surface area (Å²) in [6, 6.07) is 8.69. The summed E-state index contributed by atoms with van der Waals surface area (Å²) >= 11 is 0. The van der Waals surface area contributed by atoms with Gasteiger partial charge in [0, 0.05) is 35.5 Å². The second-order valence-corrected chi connectivity index (χ2v) is 9.46. The maximum absolute atomic E-state index is 10.5. The van der Waals surface area contributed by atoms with Gasteiger partial charge in [-0.25, -0.2) is 0 Å². The Morgan fingerprint density at radius 2 is 1.07 bits per heavy atom. The van der Waals surface area contributed by atoms with Crippen molar-refractivity contribution in [3.63, 3.8) is 0 Å². The summed E-state index contributed by atoms with van der Waals surface area (Å²) in [5.41, 5.74) is 6.05. The molecule has 8 nitrogen and oxygen atoms in total. The Kier molecular flexibility index (Phi) is 17.5. The number of phenolic OH excluding ortho intramolecular Hbond substituents is 2. The Hall–Kier alpha value is -3.17. The number of hydrogen-bond donors (Lipinski definition) is 2. The number of aliphatic imine (C=N–C) groups is 2. The van der Waals surface area contributed by atoms with Crippen LogP contribution in [0.1, 0.15) is 94.2 Å². The van der Waals surface area contributed by atoms with Gasteiger partial charge in [-0.1, -0.05) is 39.8 Å². The first kappa shape index (κ1) is 36.8. The molecule has 0 amide bonds. The topological polar surface area (TPSA) is 145 Å². The van der Waals surface area contributed by atoms with Gasteiger partial charge in [0.1, 0.15) is 11.5 Å². The van der Waals surface area contributed by atoms with Crippen LogP contribution in [-0.4, -0.2) is 46.7 Å². The zero-order valence-corrected chi connectivity index (χ0v) is 25.4. The van der Waals surface area contributed by atoms with E-state index in [9.17, 15) is 10.2 Å². The first-order chi connectivity index (χ1) is 18.4. The number of carbonyl (C=O) groups excluding carboxylic acids is 2. The van der Waals surface area contributed by atoms with Crippen LogP contribution in [0.3, 0.4) is 0 Å². The standard InChI is InChI=1S/C27H36N2O2.2C2H4O2.Co/c1-5-18-11-20(7-3)26(30)22(13-18)16-28-24-9-10-25(15-24)29-17-23-14-19(6-2)12-21(8-4)27(23)31;2*1-2(3)4;/h11-14,16-17,24-25,30-31H,5-10,15H2,1-4H3;2*1H3,(H,3,4);/q;;;+2/p-2. The first-order valence-corrected chi connectivity index (χ1v) is 13.6. The summed E-state index contributed by atoms with van der Waals surface area (Å²) in [5.74, 6) is -1.46. The minimum atomic E-state index is -1.08. The first-order valence-electron chi connectivity index (χ1n) is 13.6. The summed E-state index contributed by atoms with van der Waals surface area (Å²) in [6.45, 7) is 10.3. The van der Waals surface area contributed by atoms with Gasteiger partial charge in [-0.15, -0.1) is 0 Å². The van der Waals surface area contributed by atoms with Gasteiger partial charge >= 0.3 is 16.8 Å². The number of carboxylic acid groups (broad SMARTS) is 2. The molecule has 1 radical (unpaired) electrons. The Morgan fingerprint density at radius 3 is 1.35 bits per heavy atom. The fourth-order valence-corrected chi connectivity index (χ4v) is 4.30. The molecule has 1 saturated carbocycles. The number of aryl methyl sites for hydroxylation is 4. The molecule has 2 aromatic rings. The predicted molar refractivity (Wildman–Crippen MR) is 152 cm³/mol. The summed E-state index contributed by atoms with van der Waals surface area (Å²) in [7, 11) is 0. The van der Waals surface area contributed by atoms with E-state index in [0.29, 0.717) is 11.5 Å². The molecule has 2 N–H and O–H groups in total. The summed E-state index contributed by atoms with van der Waals surface area (Å²) in [6.07, 6.45) is 10.1.